The molecule has 0 spiro atoms. The lowest BCUT2D eigenvalue weighted by atomic mass is 10.1. The fourth-order valence-corrected chi connectivity index (χ4v) is 1.74. The SMILES string of the molecule is CSc1cc(C(C)=O)ccc1Cl. The smallest absolute Gasteiger partial charge is 0.159 e. The lowest BCUT2D eigenvalue weighted by molar-refractivity contribution is 0.101. The van der Waals surface area contributed by atoms with E-state index in [9.17, 15) is 4.79 Å². The molecular weight excluding hydrogens is 192 g/mol. The highest BCUT2D eigenvalue weighted by atomic mass is 35.5. The molecule has 1 aromatic rings. The first-order valence-corrected chi connectivity index (χ1v) is 5.10. The van der Waals surface area contributed by atoms with Crippen LogP contribution in [-0.4, -0.2) is 12.0 Å². The minimum atomic E-state index is 0.0713. The van der Waals surface area contributed by atoms with Crippen molar-refractivity contribution in [1.29, 1.82) is 0 Å². The lowest BCUT2D eigenvalue weighted by Gasteiger charge is -2.01. The Bertz CT molecular complexity index is 309. The molecule has 0 saturated carbocycles. The van der Waals surface area contributed by atoms with E-state index in [-0.39, 0.29) is 5.78 Å². The van der Waals surface area contributed by atoms with Crippen molar-refractivity contribution in [3.05, 3.63) is 28.8 Å². The summed E-state index contributed by atoms with van der Waals surface area (Å²) in [5.41, 5.74) is 0.712. The van der Waals surface area contributed by atoms with Crippen LogP contribution in [0.3, 0.4) is 0 Å². The zero-order valence-electron chi connectivity index (χ0n) is 6.93. The highest BCUT2D eigenvalue weighted by Gasteiger charge is 2.03. The molecule has 3 heteroatoms. The van der Waals surface area contributed by atoms with Crippen LogP contribution in [0.4, 0.5) is 0 Å². The van der Waals surface area contributed by atoms with Crippen LogP contribution in [0.15, 0.2) is 23.1 Å². The second-order valence-electron chi connectivity index (χ2n) is 2.41. The topological polar surface area (TPSA) is 17.1 Å². The molecule has 1 nitrogen and oxygen atoms in total. The van der Waals surface area contributed by atoms with Crippen molar-refractivity contribution >= 4 is 29.1 Å². The number of halogens is 1. The number of Topliss-reactive ketones (excluding diaryl/α,β-unsaturated/α-hetero) is 1. The monoisotopic (exact) mass is 200 g/mol. The Kier molecular flexibility index (Phi) is 3.18. The van der Waals surface area contributed by atoms with E-state index in [0.29, 0.717) is 10.6 Å². The van der Waals surface area contributed by atoms with E-state index < -0.39 is 0 Å². The predicted octanol–water partition coefficient (Wildman–Crippen LogP) is 3.26. The van der Waals surface area contributed by atoms with Gasteiger partial charge >= 0.3 is 0 Å². The van der Waals surface area contributed by atoms with Crippen molar-refractivity contribution in [2.75, 3.05) is 6.26 Å². The Morgan fingerprint density at radius 1 is 1.50 bits per heavy atom. The average Bonchev–Trinajstić information content (AvgIpc) is 2.05. The third kappa shape index (κ3) is 2.02. The van der Waals surface area contributed by atoms with Gasteiger partial charge in [0.1, 0.15) is 0 Å². The van der Waals surface area contributed by atoms with Gasteiger partial charge in [0.2, 0.25) is 0 Å². The fourth-order valence-electron chi connectivity index (χ4n) is 0.879. The predicted molar refractivity (Wildman–Crippen MR) is 53.2 cm³/mol. The summed E-state index contributed by atoms with van der Waals surface area (Å²) < 4.78 is 0. The Morgan fingerprint density at radius 3 is 2.67 bits per heavy atom. The summed E-state index contributed by atoms with van der Waals surface area (Å²) in [6.07, 6.45) is 1.94. The molecule has 0 N–H and O–H groups in total. The van der Waals surface area contributed by atoms with E-state index in [0.717, 1.165) is 4.90 Å². The third-order valence-corrected chi connectivity index (χ3v) is 2.78. The molecule has 0 aliphatic carbocycles. The molecule has 0 atom stereocenters. The van der Waals surface area contributed by atoms with Crippen LogP contribution in [0.25, 0.3) is 0 Å². The molecule has 0 amide bonds. The quantitative estimate of drug-likeness (QED) is 0.539. The van der Waals surface area contributed by atoms with Crippen LogP contribution in [0.5, 0.6) is 0 Å². The number of benzene rings is 1. The van der Waals surface area contributed by atoms with Gasteiger partial charge in [0.05, 0.1) is 5.02 Å². The fraction of sp³-hybridized carbons (Fsp3) is 0.222. The van der Waals surface area contributed by atoms with Crippen LogP contribution in [-0.2, 0) is 0 Å². The van der Waals surface area contributed by atoms with Crippen LogP contribution in [0, 0.1) is 0 Å². The molecule has 0 aliphatic heterocycles. The van der Waals surface area contributed by atoms with Gasteiger partial charge in [-0.25, -0.2) is 0 Å². The summed E-state index contributed by atoms with van der Waals surface area (Å²) in [6, 6.07) is 5.31. The molecule has 0 aliphatic rings. The van der Waals surface area contributed by atoms with Gasteiger partial charge in [-0.05, 0) is 31.4 Å². The molecule has 1 aromatic carbocycles. The molecule has 0 heterocycles. The van der Waals surface area contributed by atoms with Gasteiger partial charge < -0.3 is 0 Å². The van der Waals surface area contributed by atoms with Crippen molar-refractivity contribution < 1.29 is 4.79 Å². The summed E-state index contributed by atoms with van der Waals surface area (Å²) in [5.74, 6) is 0.0713. The second kappa shape index (κ2) is 3.97. The van der Waals surface area contributed by atoms with Gasteiger partial charge in [-0.3, -0.25) is 4.79 Å². The number of hydrogen-bond donors (Lipinski definition) is 0. The van der Waals surface area contributed by atoms with E-state index in [1.54, 1.807) is 30.8 Å². The maximum absolute atomic E-state index is 11.0. The molecule has 0 saturated heterocycles. The third-order valence-electron chi connectivity index (χ3n) is 1.56. The van der Waals surface area contributed by atoms with E-state index in [1.165, 1.54) is 0 Å². The van der Waals surface area contributed by atoms with E-state index in [2.05, 4.69) is 0 Å². The van der Waals surface area contributed by atoms with E-state index in [1.807, 2.05) is 12.3 Å². The van der Waals surface area contributed by atoms with Gasteiger partial charge in [-0.2, -0.15) is 0 Å². The first-order valence-electron chi connectivity index (χ1n) is 3.49. The summed E-state index contributed by atoms with van der Waals surface area (Å²) in [6.45, 7) is 1.55. The number of carbonyl (C=O) groups is 1. The summed E-state index contributed by atoms with van der Waals surface area (Å²) in [4.78, 5) is 11.9. The molecule has 0 bridgehead atoms. The van der Waals surface area contributed by atoms with E-state index >= 15 is 0 Å². The Hall–Kier alpha value is -0.470. The van der Waals surface area contributed by atoms with E-state index in [4.69, 9.17) is 11.6 Å². The molecule has 1 rings (SSSR count). The minimum Gasteiger partial charge on any atom is -0.295 e. The summed E-state index contributed by atoms with van der Waals surface area (Å²) in [5, 5.41) is 0.701. The molecule has 0 aromatic heterocycles. The molecule has 12 heavy (non-hydrogen) atoms. The van der Waals surface area contributed by atoms with Gasteiger partial charge in [0, 0.05) is 10.5 Å². The van der Waals surface area contributed by atoms with Crippen molar-refractivity contribution in [3.63, 3.8) is 0 Å². The standard InChI is InChI=1S/C9H9ClOS/c1-6(11)7-3-4-8(10)9(5-7)12-2/h3-5H,1-2H3. The Labute approximate surface area is 81.1 Å². The van der Waals surface area contributed by atoms with Crippen molar-refractivity contribution in [1.82, 2.24) is 0 Å². The Morgan fingerprint density at radius 2 is 2.17 bits per heavy atom. The number of carbonyl (C=O) groups excluding carboxylic acids is 1. The molecule has 64 valence electrons. The molecule has 0 unspecified atom stereocenters. The van der Waals surface area contributed by atoms with Crippen LogP contribution in [0.2, 0.25) is 5.02 Å². The van der Waals surface area contributed by atoms with Crippen molar-refractivity contribution in [2.45, 2.75) is 11.8 Å². The summed E-state index contributed by atoms with van der Waals surface area (Å²) >= 11 is 7.41. The zero-order chi connectivity index (χ0) is 9.14. The lowest BCUT2D eigenvalue weighted by Crippen LogP contribution is -1.91. The highest BCUT2D eigenvalue weighted by molar-refractivity contribution is 7.98. The Balaban J connectivity index is 3.13. The normalized spacial score (nSPS) is 9.92. The second-order valence-corrected chi connectivity index (χ2v) is 3.66. The maximum atomic E-state index is 11.0. The van der Waals surface area contributed by atoms with Crippen molar-refractivity contribution in [3.8, 4) is 0 Å². The van der Waals surface area contributed by atoms with Gasteiger partial charge in [-0.1, -0.05) is 11.6 Å². The molecule has 0 fully saturated rings. The molecule has 0 radical (unpaired) electrons. The highest BCUT2D eigenvalue weighted by Crippen LogP contribution is 2.26. The zero-order valence-corrected chi connectivity index (χ0v) is 8.50. The average molecular weight is 201 g/mol. The number of thioether (sulfide) groups is 1. The number of ketones is 1. The van der Waals surface area contributed by atoms with Crippen LogP contribution < -0.4 is 0 Å². The molecular formula is C9H9ClOS. The first kappa shape index (κ1) is 9.62. The largest absolute Gasteiger partial charge is 0.295 e. The maximum Gasteiger partial charge on any atom is 0.159 e. The number of hydrogen-bond acceptors (Lipinski definition) is 2. The van der Waals surface area contributed by atoms with Gasteiger partial charge in [0.25, 0.3) is 0 Å². The van der Waals surface area contributed by atoms with Crippen LogP contribution >= 0.6 is 23.4 Å². The minimum absolute atomic E-state index is 0.0713. The van der Waals surface area contributed by atoms with Crippen molar-refractivity contribution in [2.24, 2.45) is 0 Å². The van der Waals surface area contributed by atoms with Crippen LogP contribution in [0.1, 0.15) is 17.3 Å². The summed E-state index contributed by atoms with van der Waals surface area (Å²) in [7, 11) is 0. The van der Waals surface area contributed by atoms with Gasteiger partial charge in [0.15, 0.2) is 5.78 Å². The van der Waals surface area contributed by atoms with Gasteiger partial charge in [-0.15, -0.1) is 11.8 Å². The number of rotatable bonds is 2. The first-order chi connectivity index (χ1) is 5.65.